The number of carbonyl (C=O) groups excluding carboxylic acids is 1. The van der Waals surface area contributed by atoms with Crippen LogP contribution in [0.2, 0.25) is 0 Å². The van der Waals surface area contributed by atoms with E-state index in [1.165, 1.54) is 12.1 Å². The van der Waals surface area contributed by atoms with Gasteiger partial charge in [-0.15, -0.1) is 0 Å². The topological polar surface area (TPSA) is 136 Å². The van der Waals surface area contributed by atoms with Crippen LogP contribution in [0.3, 0.4) is 0 Å². The Balaban J connectivity index is 0.939. The largest absolute Gasteiger partial charge is 0.506 e. The Hall–Kier alpha value is -5.16. The number of hydrogen-bond acceptors (Lipinski definition) is 8. The van der Waals surface area contributed by atoms with E-state index in [9.17, 15) is 19.8 Å². The predicted octanol–water partition coefficient (Wildman–Crippen LogP) is 5.55. The number of carbonyl (C=O) groups is 1. The number of alkyl carbamates (subject to hydrolysis) is 1. The molecule has 3 aliphatic heterocycles. The fourth-order valence-corrected chi connectivity index (χ4v) is 7.05. The van der Waals surface area contributed by atoms with Crippen molar-refractivity contribution >= 4 is 17.0 Å². The molecule has 8 rings (SSSR count). The van der Waals surface area contributed by atoms with Crippen LogP contribution in [0.1, 0.15) is 52.8 Å². The molecule has 5 aromatic rings. The van der Waals surface area contributed by atoms with Crippen molar-refractivity contribution in [1.29, 1.82) is 0 Å². The molecule has 258 valence electrons. The first-order valence-electron chi connectivity index (χ1n) is 17.2. The highest BCUT2D eigenvalue weighted by atomic mass is 16.6. The second kappa shape index (κ2) is 15.2. The van der Waals surface area contributed by atoms with E-state index >= 15 is 0 Å². The first-order valence-corrected chi connectivity index (χ1v) is 17.2. The van der Waals surface area contributed by atoms with Crippen LogP contribution >= 0.6 is 0 Å². The molecule has 2 bridgehead atoms. The van der Waals surface area contributed by atoms with Gasteiger partial charge >= 0.3 is 6.09 Å². The molecule has 10 heteroatoms. The molecule has 0 saturated carbocycles. The van der Waals surface area contributed by atoms with Crippen molar-refractivity contribution in [2.45, 2.75) is 44.2 Å². The molecule has 5 N–H and O–H groups in total. The summed E-state index contributed by atoms with van der Waals surface area (Å²) in [6.07, 6.45) is 0.847. The van der Waals surface area contributed by atoms with Crippen LogP contribution in [0, 0.1) is 5.92 Å². The van der Waals surface area contributed by atoms with Crippen LogP contribution in [-0.2, 0) is 17.9 Å². The lowest BCUT2D eigenvalue weighted by molar-refractivity contribution is -0.0336. The van der Waals surface area contributed by atoms with Crippen LogP contribution in [0.25, 0.3) is 10.9 Å². The van der Waals surface area contributed by atoms with Crippen LogP contribution in [-0.4, -0.2) is 58.5 Å². The van der Waals surface area contributed by atoms with Gasteiger partial charge in [0.1, 0.15) is 24.2 Å². The molecular weight excluding hydrogens is 632 g/mol. The molecule has 1 amide bonds. The highest BCUT2D eigenvalue weighted by Gasteiger charge is 2.37. The number of phenols is 1. The van der Waals surface area contributed by atoms with E-state index in [0.29, 0.717) is 41.3 Å². The Labute approximate surface area is 290 Å². The minimum atomic E-state index is -0.833. The van der Waals surface area contributed by atoms with Crippen LogP contribution in [0.15, 0.2) is 108 Å². The number of aromatic amines is 1. The Kier molecular flexibility index (Phi) is 10.1. The molecule has 10 nitrogen and oxygen atoms in total. The van der Waals surface area contributed by atoms with Crippen molar-refractivity contribution in [2.24, 2.45) is 5.92 Å². The van der Waals surface area contributed by atoms with E-state index in [2.05, 4.69) is 20.5 Å². The van der Waals surface area contributed by atoms with Crippen molar-refractivity contribution in [2.75, 3.05) is 26.2 Å². The Morgan fingerprint density at radius 1 is 0.900 bits per heavy atom. The SMILES string of the molecule is O=C(N[C@@H](c1ccccc1)c1cccc(OCc2ccc(CNCC(O)c3ccc(O)c4[nH]c(=O)ccc34)cc2)c1)OC1CN2CCC1CC2. The zero-order valence-electron chi connectivity index (χ0n) is 27.8. The molecule has 3 fully saturated rings. The van der Waals surface area contributed by atoms with Crippen molar-refractivity contribution < 1.29 is 24.5 Å². The molecule has 4 heterocycles. The van der Waals surface area contributed by atoms with Crippen molar-refractivity contribution in [1.82, 2.24) is 20.5 Å². The Morgan fingerprint density at radius 2 is 1.66 bits per heavy atom. The van der Waals surface area contributed by atoms with E-state index in [4.69, 9.17) is 9.47 Å². The summed E-state index contributed by atoms with van der Waals surface area (Å²) in [7, 11) is 0. The second-order valence-corrected chi connectivity index (χ2v) is 13.2. The summed E-state index contributed by atoms with van der Waals surface area (Å²) in [5.74, 6) is 1.09. The lowest BCUT2D eigenvalue weighted by Crippen LogP contribution is -2.52. The highest BCUT2D eigenvalue weighted by molar-refractivity contribution is 5.87. The average Bonchev–Trinajstić information content (AvgIpc) is 3.15. The molecule has 1 aromatic heterocycles. The number of aromatic nitrogens is 1. The van der Waals surface area contributed by atoms with Gasteiger partial charge in [-0.1, -0.05) is 72.8 Å². The van der Waals surface area contributed by atoms with E-state index in [1.807, 2.05) is 78.9 Å². The molecule has 0 aliphatic carbocycles. The zero-order valence-corrected chi connectivity index (χ0v) is 27.8. The second-order valence-electron chi connectivity index (χ2n) is 13.2. The minimum absolute atomic E-state index is 0.0385. The van der Waals surface area contributed by atoms with Gasteiger partial charge in [0.25, 0.3) is 0 Å². The van der Waals surface area contributed by atoms with Gasteiger partial charge in [-0.25, -0.2) is 4.79 Å². The summed E-state index contributed by atoms with van der Waals surface area (Å²) >= 11 is 0. The maximum Gasteiger partial charge on any atom is 0.408 e. The first-order chi connectivity index (χ1) is 24.4. The van der Waals surface area contributed by atoms with Gasteiger partial charge in [0, 0.05) is 31.1 Å². The smallest absolute Gasteiger partial charge is 0.408 e. The van der Waals surface area contributed by atoms with Crippen LogP contribution in [0.4, 0.5) is 4.79 Å². The van der Waals surface area contributed by atoms with E-state index in [-0.39, 0.29) is 24.0 Å². The normalized spacial score (nSPS) is 19.5. The van der Waals surface area contributed by atoms with Crippen molar-refractivity contribution in [3.63, 3.8) is 0 Å². The average molecular weight is 675 g/mol. The number of rotatable bonds is 12. The molecule has 4 aromatic carbocycles. The number of pyridine rings is 1. The van der Waals surface area contributed by atoms with Gasteiger partial charge in [0.05, 0.1) is 17.7 Å². The fraction of sp³-hybridized carbons (Fsp3) is 0.300. The van der Waals surface area contributed by atoms with E-state index < -0.39 is 18.2 Å². The molecule has 50 heavy (non-hydrogen) atoms. The van der Waals surface area contributed by atoms with Gasteiger partial charge in [0.15, 0.2) is 0 Å². The van der Waals surface area contributed by atoms with Crippen molar-refractivity contribution in [3.8, 4) is 11.5 Å². The molecule has 3 saturated heterocycles. The summed E-state index contributed by atoms with van der Waals surface area (Å²) in [6, 6.07) is 31.5. The maximum absolute atomic E-state index is 13.2. The van der Waals surface area contributed by atoms with Crippen molar-refractivity contribution in [3.05, 3.63) is 141 Å². The minimum Gasteiger partial charge on any atom is -0.506 e. The number of aromatic hydroxyl groups is 1. The third-order valence-corrected chi connectivity index (χ3v) is 9.80. The fourth-order valence-electron chi connectivity index (χ4n) is 7.05. The van der Waals surface area contributed by atoms with Gasteiger partial charge in [0.2, 0.25) is 5.56 Å². The molecular formula is C40H42N4O6. The third kappa shape index (κ3) is 7.83. The number of fused-ring (bicyclic) bond motifs is 4. The molecule has 3 aliphatic rings. The van der Waals surface area contributed by atoms with Gasteiger partial charge in [-0.2, -0.15) is 0 Å². The number of piperidine rings is 3. The number of benzene rings is 4. The lowest BCUT2D eigenvalue weighted by Gasteiger charge is -2.43. The highest BCUT2D eigenvalue weighted by Crippen LogP contribution is 2.31. The summed E-state index contributed by atoms with van der Waals surface area (Å²) in [6.45, 7) is 4.19. The molecule has 2 unspecified atom stereocenters. The first kappa shape index (κ1) is 33.3. The van der Waals surface area contributed by atoms with E-state index in [0.717, 1.165) is 54.7 Å². The number of nitrogens with zero attached hydrogens (tertiary/aromatic N) is 1. The Bertz CT molecular complexity index is 1970. The third-order valence-electron chi connectivity index (χ3n) is 9.80. The molecule has 0 spiro atoms. The molecule has 3 atom stereocenters. The predicted molar refractivity (Wildman–Crippen MR) is 191 cm³/mol. The van der Waals surface area contributed by atoms with Gasteiger partial charge < -0.3 is 35.3 Å². The summed E-state index contributed by atoms with van der Waals surface area (Å²) in [5.41, 5.74) is 4.52. The number of amides is 1. The zero-order chi connectivity index (χ0) is 34.5. The summed E-state index contributed by atoms with van der Waals surface area (Å²) in [5, 5.41) is 28.0. The quantitative estimate of drug-likeness (QED) is 0.116. The number of hydrogen-bond donors (Lipinski definition) is 5. The van der Waals surface area contributed by atoms with Crippen LogP contribution in [0.5, 0.6) is 11.5 Å². The number of aliphatic hydroxyl groups is 1. The number of aliphatic hydroxyl groups excluding tert-OH is 1. The Morgan fingerprint density at radius 3 is 2.42 bits per heavy atom. The van der Waals surface area contributed by atoms with Gasteiger partial charge in [-0.05, 0) is 83.9 Å². The standard InChI is InChI=1S/C40H42N4O6/c45-34-15-13-32(33-14-16-37(47)42-39(33)34)35(46)23-41-22-26-9-11-27(12-10-26)25-49-31-8-4-7-30(21-31)38(29-5-2-1-3-6-29)43-40(48)50-36-24-44-19-17-28(36)18-20-44/h1-16,21,28,35-36,38,41,45-46H,17-20,22-25H2,(H,42,47)(H,43,48)/t35?,36?,38-/m0/s1. The monoisotopic (exact) mass is 674 g/mol. The summed E-state index contributed by atoms with van der Waals surface area (Å²) < 4.78 is 12.2. The number of nitrogens with one attached hydrogen (secondary N) is 3. The molecule has 0 radical (unpaired) electrons. The maximum atomic E-state index is 13.2. The summed E-state index contributed by atoms with van der Waals surface area (Å²) in [4.78, 5) is 29.9. The lowest BCUT2D eigenvalue weighted by atomic mass is 9.86. The number of ether oxygens (including phenoxy) is 2. The van der Waals surface area contributed by atoms with Gasteiger partial charge in [-0.3, -0.25) is 9.69 Å². The van der Waals surface area contributed by atoms with E-state index in [1.54, 1.807) is 12.1 Å². The number of H-pyrrole nitrogens is 1. The van der Waals surface area contributed by atoms with Crippen LogP contribution < -0.4 is 20.9 Å². The number of phenolic OH excluding ortho intramolecular Hbond substituents is 1.